The summed E-state index contributed by atoms with van der Waals surface area (Å²) in [7, 11) is 0. The Morgan fingerprint density at radius 3 is 1.92 bits per heavy atom. The van der Waals surface area contributed by atoms with E-state index < -0.39 is 116 Å². The lowest BCUT2D eigenvalue weighted by Gasteiger charge is -2.29. The first kappa shape index (κ1) is 41.6. The van der Waals surface area contributed by atoms with Crippen molar-refractivity contribution >= 4 is 47.4 Å². The lowest BCUT2D eigenvalue weighted by atomic mass is 10.1. The Kier molecular flexibility index (Phi) is 18.0. The van der Waals surface area contributed by atoms with Gasteiger partial charge in [-0.1, -0.05) is 0 Å². The number of nitrogens with zero attached hydrogens (tertiary/aromatic N) is 1. The van der Waals surface area contributed by atoms with E-state index in [1.165, 1.54) is 18.7 Å². The Hall–Kier alpha value is -4.40. The van der Waals surface area contributed by atoms with Crippen LogP contribution in [0.1, 0.15) is 58.8 Å². The van der Waals surface area contributed by atoms with Crippen LogP contribution in [0.4, 0.5) is 0 Å². The van der Waals surface area contributed by atoms with Crippen LogP contribution in [0, 0.1) is 0 Å². The fourth-order valence-corrected chi connectivity index (χ4v) is 4.71. The minimum atomic E-state index is -1.62. The molecular formula is C28H48N8O12. The molecule has 20 heteroatoms. The van der Waals surface area contributed by atoms with Gasteiger partial charge in [-0.3, -0.25) is 33.6 Å². The van der Waals surface area contributed by atoms with Gasteiger partial charge in [0, 0.05) is 13.0 Å². The van der Waals surface area contributed by atoms with E-state index in [1.54, 1.807) is 0 Å². The summed E-state index contributed by atoms with van der Waals surface area (Å²) in [6, 6.07) is -8.97. The molecule has 1 fully saturated rings. The number of carboxylic acid groups (broad SMARTS) is 2. The van der Waals surface area contributed by atoms with Crippen molar-refractivity contribution in [2.75, 3.05) is 26.3 Å². The predicted molar refractivity (Wildman–Crippen MR) is 165 cm³/mol. The summed E-state index contributed by atoms with van der Waals surface area (Å²) in [5, 5.41) is 48.4. The molecule has 1 heterocycles. The summed E-state index contributed by atoms with van der Waals surface area (Å²) in [6.45, 7) is 1.61. The highest BCUT2D eigenvalue weighted by Gasteiger charge is 2.38. The third kappa shape index (κ3) is 13.4. The second-order valence-corrected chi connectivity index (χ2v) is 11.4. The predicted octanol–water partition coefficient (Wildman–Crippen LogP) is -5.17. The van der Waals surface area contributed by atoms with E-state index >= 15 is 0 Å². The smallest absolute Gasteiger partial charge is 0.326 e. The zero-order valence-corrected chi connectivity index (χ0v) is 27.0. The number of hydrogen-bond acceptors (Lipinski definition) is 12. The lowest BCUT2D eigenvalue weighted by molar-refractivity contribution is -0.143. The van der Waals surface area contributed by atoms with Gasteiger partial charge in [0.25, 0.3) is 0 Å². The van der Waals surface area contributed by atoms with E-state index in [9.17, 15) is 48.6 Å². The van der Waals surface area contributed by atoms with Crippen molar-refractivity contribution in [3.05, 3.63) is 0 Å². The average Bonchev–Trinajstić information content (AvgIpc) is 3.53. The molecule has 0 bridgehead atoms. The van der Waals surface area contributed by atoms with Crippen molar-refractivity contribution in [2.24, 2.45) is 11.5 Å². The standard InChI is InChI=1S/C28H48N8O12/c1-14(22(41)35-19(13-38)25(44)34-18(28(47)48)8-9-21(39)40)31-26(45)20-7-5-11-36(20)27(46)15(2)32-24(43)17(6-3-4-10-29)33-23(42)16(30)12-37/h14-20,37-38H,3-13,29-30H2,1-2H3,(H,31,45)(H,32,43)(H,33,42)(H,34,44)(H,35,41)(H,39,40)(H,47,48)/t14-,15-,16-,17-,18-,19-,20-/m0/s1. The first-order valence-electron chi connectivity index (χ1n) is 15.5. The summed E-state index contributed by atoms with van der Waals surface area (Å²) in [5.74, 6) is -7.59. The number of carboxylic acids is 2. The van der Waals surface area contributed by atoms with Crippen molar-refractivity contribution in [1.29, 1.82) is 0 Å². The van der Waals surface area contributed by atoms with Crippen LogP contribution in [-0.2, 0) is 38.4 Å². The molecule has 1 aliphatic rings. The molecule has 1 aliphatic heterocycles. The first-order chi connectivity index (χ1) is 22.6. The SMILES string of the molecule is C[C@H](NC(=O)[C@@H]1CCCN1C(=O)[C@H](C)NC(=O)[C@H](CCCCN)NC(=O)[C@@H](N)CO)C(=O)N[C@@H](CO)C(=O)N[C@@H](CCC(=O)O)C(=O)O. The van der Waals surface area contributed by atoms with E-state index in [2.05, 4.69) is 26.6 Å². The second-order valence-electron chi connectivity index (χ2n) is 11.4. The number of aliphatic carboxylic acids is 2. The van der Waals surface area contributed by atoms with E-state index in [0.29, 0.717) is 25.8 Å². The van der Waals surface area contributed by atoms with Gasteiger partial charge in [0.2, 0.25) is 35.4 Å². The number of likely N-dealkylation sites (tertiary alicyclic amines) is 1. The molecule has 0 radical (unpaired) electrons. The first-order valence-corrected chi connectivity index (χ1v) is 15.5. The number of carbonyl (C=O) groups excluding carboxylic acids is 6. The monoisotopic (exact) mass is 688 g/mol. The van der Waals surface area contributed by atoms with Crippen LogP contribution < -0.4 is 38.1 Å². The van der Waals surface area contributed by atoms with Gasteiger partial charge in [-0.05, 0) is 58.9 Å². The Morgan fingerprint density at radius 1 is 0.750 bits per heavy atom. The van der Waals surface area contributed by atoms with E-state index in [-0.39, 0.29) is 19.4 Å². The van der Waals surface area contributed by atoms with E-state index in [1.807, 2.05) is 0 Å². The fraction of sp³-hybridized carbons (Fsp3) is 0.714. The highest BCUT2D eigenvalue weighted by molar-refractivity contribution is 5.97. The Bertz CT molecular complexity index is 1170. The van der Waals surface area contributed by atoms with Crippen molar-refractivity contribution in [3.8, 4) is 0 Å². The summed E-state index contributed by atoms with van der Waals surface area (Å²) in [6.07, 6.45) is 0.890. The van der Waals surface area contributed by atoms with Crippen LogP contribution in [-0.4, -0.2) is 141 Å². The summed E-state index contributed by atoms with van der Waals surface area (Å²) in [4.78, 5) is 100. The minimum Gasteiger partial charge on any atom is -0.481 e. The quantitative estimate of drug-likeness (QED) is 0.0503. The van der Waals surface area contributed by atoms with Crippen LogP contribution >= 0.6 is 0 Å². The molecule has 7 atom stereocenters. The molecule has 1 saturated heterocycles. The van der Waals surface area contributed by atoms with Gasteiger partial charge in [-0.15, -0.1) is 0 Å². The number of carbonyl (C=O) groups is 8. The Labute approximate surface area is 276 Å². The molecule has 0 aromatic carbocycles. The van der Waals surface area contributed by atoms with Crippen molar-refractivity contribution in [2.45, 2.75) is 101 Å². The second kappa shape index (κ2) is 20.8. The average molecular weight is 689 g/mol. The fourth-order valence-electron chi connectivity index (χ4n) is 4.71. The number of aliphatic hydroxyl groups is 2. The highest BCUT2D eigenvalue weighted by Crippen LogP contribution is 2.19. The van der Waals surface area contributed by atoms with Crippen LogP contribution in [0.5, 0.6) is 0 Å². The maximum Gasteiger partial charge on any atom is 0.326 e. The van der Waals surface area contributed by atoms with Crippen LogP contribution in [0.2, 0.25) is 0 Å². The third-order valence-corrected chi connectivity index (χ3v) is 7.51. The zero-order valence-electron chi connectivity index (χ0n) is 27.0. The van der Waals surface area contributed by atoms with Crippen molar-refractivity contribution < 1.29 is 58.8 Å². The number of hydrogen-bond donors (Lipinski definition) is 11. The molecule has 0 aromatic heterocycles. The summed E-state index contributed by atoms with van der Waals surface area (Å²) >= 11 is 0. The minimum absolute atomic E-state index is 0.166. The third-order valence-electron chi connectivity index (χ3n) is 7.51. The van der Waals surface area contributed by atoms with Gasteiger partial charge in [-0.25, -0.2) is 4.79 Å². The number of unbranched alkanes of at least 4 members (excludes halogenated alkanes) is 1. The number of rotatable bonds is 21. The van der Waals surface area contributed by atoms with Gasteiger partial charge in [0.15, 0.2) is 0 Å². The maximum atomic E-state index is 13.3. The molecule has 0 aromatic rings. The number of nitrogens with two attached hydrogens (primary N) is 2. The molecule has 1 rings (SSSR count). The van der Waals surface area contributed by atoms with E-state index in [0.717, 1.165) is 0 Å². The molecule has 48 heavy (non-hydrogen) atoms. The van der Waals surface area contributed by atoms with Gasteiger partial charge < -0.3 is 63.4 Å². The topological polar surface area (TPSA) is 333 Å². The van der Waals surface area contributed by atoms with Gasteiger partial charge in [-0.2, -0.15) is 0 Å². The van der Waals surface area contributed by atoms with E-state index in [4.69, 9.17) is 21.7 Å². The normalized spacial score (nSPS) is 17.9. The van der Waals surface area contributed by atoms with Gasteiger partial charge >= 0.3 is 11.9 Å². The molecular weight excluding hydrogens is 640 g/mol. The number of amides is 6. The van der Waals surface area contributed by atoms with Crippen LogP contribution in [0.3, 0.4) is 0 Å². The largest absolute Gasteiger partial charge is 0.481 e. The summed E-state index contributed by atoms with van der Waals surface area (Å²) < 4.78 is 0. The molecule has 13 N–H and O–H groups in total. The van der Waals surface area contributed by atoms with Gasteiger partial charge in [0.05, 0.1) is 13.2 Å². The molecule has 0 spiro atoms. The Balaban J connectivity index is 2.84. The van der Waals surface area contributed by atoms with Crippen molar-refractivity contribution in [1.82, 2.24) is 31.5 Å². The lowest BCUT2D eigenvalue weighted by Crippen LogP contribution is -2.59. The number of aliphatic hydroxyl groups excluding tert-OH is 2. The zero-order chi connectivity index (χ0) is 36.6. The van der Waals surface area contributed by atoms with Crippen LogP contribution in [0.25, 0.3) is 0 Å². The Morgan fingerprint density at radius 2 is 1.35 bits per heavy atom. The highest BCUT2D eigenvalue weighted by atomic mass is 16.4. The summed E-state index contributed by atoms with van der Waals surface area (Å²) in [5.41, 5.74) is 11.0. The molecule has 0 aliphatic carbocycles. The molecule has 0 unspecified atom stereocenters. The number of nitrogens with one attached hydrogen (secondary N) is 5. The van der Waals surface area contributed by atoms with Gasteiger partial charge in [0.1, 0.15) is 42.3 Å². The molecule has 6 amide bonds. The molecule has 20 nitrogen and oxygen atoms in total. The molecule has 272 valence electrons. The maximum absolute atomic E-state index is 13.3. The molecule has 0 saturated carbocycles. The van der Waals surface area contributed by atoms with Crippen LogP contribution in [0.15, 0.2) is 0 Å². The van der Waals surface area contributed by atoms with Crippen molar-refractivity contribution in [3.63, 3.8) is 0 Å².